The molecule has 2 aromatic rings. The van der Waals surface area contributed by atoms with Crippen molar-refractivity contribution < 1.29 is 14.3 Å². The topological polar surface area (TPSA) is 59.6 Å². The Labute approximate surface area is 143 Å². The second-order valence-electron chi connectivity index (χ2n) is 5.45. The molecule has 24 heavy (non-hydrogen) atoms. The van der Waals surface area contributed by atoms with E-state index in [2.05, 4.69) is 10.6 Å². The predicted octanol–water partition coefficient (Wildman–Crippen LogP) is 2.32. The highest BCUT2D eigenvalue weighted by Crippen LogP contribution is 2.29. The normalized spacial score (nSPS) is 11.6. The number of nitrogens with one attached hydrogen (secondary N) is 2. The van der Waals surface area contributed by atoms with Crippen LogP contribution in [0.15, 0.2) is 48.5 Å². The average Bonchev–Trinajstić information content (AvgIpc) is 2.62. The van der Waals surface area contributed by atoms with Crippen LogP contribution in [-0.4, -0.2) is 33.7 Å². The molecule has 2 rings (SSSR count). The molecule has 0 radical (unpaired) electrons. The number of hydrogen-bond donors (Lipinski definition) is 2. The van der Waals surface area contributed by atoms with Gasteiger partial charge in [-0.15, -0.1) is 0 Å². The summed E-state index contributed by atoms with van der Waals surface area (Å²) < 4.78 is 10.6. The van der Waals surface area contributed by atoms with Gasteiger partial charge in [0.15, 0.2) is 11.5 Å². The quantitative estimate of drug-likeness (QED) is 0.781. The van der Waals surface area contributed by atoms with Gasteiger partial charge in [0, 0.05) is 0 Å². The molecular weight excluding hydrogens is 304 g/mol. The van der Waals surface area contributed by atoms with Gasteiger partial charge in [0.2, 0.25) is 5.91 Å². The molecule has 0 aliphatic rings. The zero-order chi connectivity index (χ0) is 17.4. The lowest BCUT2D eigenvalue weighted by molar-refractivity contribution is -0.120. The summed E-state index contributed by atoms with van der Waals surface area (Å²) in [6.45, 7) is 0.287. The summed E-state index contributed by atoms with van der Waals surface area (Å²) in [5.74, 6) is 1.34. The number of carbonyl (C=O) groups is 1. The molecule has 0 saturated heterocycles. The molecule has 2 N–H and O–H groups in total. The van der Waals surface area contributed by atoms with Crippen LogP contribution >= 0.6 is 0 Å². The SMILES string of the molecule is CNCC(=O)NC(Cc1ccc(OC)c(OC)c1)c1ccccc1. The Morgan fingerprint density at radius 2 is 1.75 bits per heavy atom. The molecule has 1 unspecified atom stereocenters. The number of benzene rings is 2. The number of likely N-dealkylation sites (N-methyl/N-ethyl adjacent to an activating group) is 1. The van der Waals surface area contributed by atoms with Gasteiger partial charge in [0.05, 0.1) is 26.8 Å². The lowest BCUT2D eigenvalue weighted by atomic mass is 9.98. The van der Waals surface area contributed by atoms with Gasteiger partial charge in [-0.05, 0) is 36.7 Å². The van der Waals surface area contributed by atoms with Gasteiger partial charge in [0.25, 0.3) is 0 Å². The highest BCUT2D eigenvalue weighted by Gasteiger charge is 2.16. The summed E-state index contributed by atoms with van der Waals surface area (Å²) in [4.78, 5) is 12.0. The van der Waals surface area contributed by atoms with Gasteiger partial charge >= 0.3 is 0 Å². The summed E-state index contributed by atoms with van der Waals surface area (Å²) in [7, 11) is 4.98. The van der Waals surface area contributed by atoms with Gasteiger partial charge < -0.3 is 20.1 Å². The van der Waals surface area contributed by atoms with Crippen LogP contribution in [0.5, 0.6) is 11.5 Å². The van der Waals surface area contributed by atoms with Crippen molar-refractivity contribution in [1.82, 2.24) is 10.6 Å². The van der Waals surface area contributed by atoms with Crippen LogP contribution in [0.2, 0.25) is 0 Å². The molecule has 5 heteroatoms. The number of carbonyl (C=O) groups excluding carboxylic acids is 1. The molecule has 0 heterocycles. The first kappa shape index (κ1) is 17.8. The van der Waals surface area contributed by atoms with E-state index in [4.69, 9.17) is 9.47 Å². The second kappa shape index (κ2) is 8.93. The minimum Gasteiger partial charge on any atom is -0.493 e. The maximum atomic E-state index is 12.0. The molecule has 0 saturated carbocycles. The van der Waals surface area contributed by atoms with E-state index in [-0.39, 0.29) is 18.5 Å². The zero-order valence-electron chi connectivity index (χ0n) is 14.3. The first-order valence-corrected chi connectivity index (χ1v) is 7.87. The van der Waals surface area contributed by atoms with Crippen molar-refractivity contribution >= 4 is 5.91 Å². The fourth-order valence-electron chi connectivity index (χ4n) is 2.59. The first-order chi connectivity index (χ1) is 11.7. The number of amides is 1. The van der Waals surface area contributed by atoms with Gasteiger partial charge in [-0.1, -0.05) is 36.4 Å². The molecular formula is C19H24N2O3. The van der Waals surface area contributed by atoms with E-state index in [1.807, 2.05) is 48.5 Å². The largest absolute Gasteiger partial charge is 0.493 e. The molecule has 0 aliphatic heterocycles. The van der Waals surface area contributed by atoms with E-state index in [9.17, 15) is 4.79 Å². The predicted molar refractivity (Wildman–Crippen MR) is 94.5 cm³/mol. The monoisotopic (exact) mass is 328 g/mol. The lowest BCUT2D eigenvalue weighted by Gasteiger charge is -2.20. The van der Waals surface area contributed by atoms with E-state index in [0.717, 1.165) is 11.1 Å². The number of hydrogen-bond acceptors (Lipinski definition) is 4. The van der Waals surface area contributed by atoms with Crippen LogP contribution in [0.25, 0.3) is 0 Å². The van der Waals surface area contributed by atoms with Crippen LogP contribution in [0, 0.1) is 0 Å². The summed E-state index contributed by atoms with van der Waals surface area (Å²) in [5, 5.41) is 5.95. The molecule has 0 bridgehead atoms. The highest BCUT2D eigenvalue weighted by molar-refractivity contribution is 5.78. The van der Waals surface area contributed by atoms with Crippen molar-refractivity contribution in [2.75, 3.05) is 27.8 Å². The van der Waals surface area contributed by atoms with Gasteiger partial charge in [-0.2, -0.15) is 0 Å². The maximum Gasteiger partial charge on any atom is 0.234 e. The third kappa shape index (κ3) is 4.73. The summed E-state index contributed by atoms with van der Waals surface area (Å²) >= 11 is 0. The Bertz CT molecular complexity index is 659. The van der Waals surface area contributed by atoms with E-state index in [1.54, 1.807) is 21.3 Å². The van der Waals surface area contributed by atoms with Crippen LogP contribution < -0.4 is 20.1 Å². The Morgan fingerprint density at radius 3 is 2.38 bits per heavy atom. The van der Waals surface area contributed by atoms with Crippen molar-refractivity contribution in [1.29, 1.82) is 0 Å². The van der Waals surface area contributed by atoms with Crippen molar-refractivity contribution in [3.63, 3.8) is 0 Å². The Morgan fingerprint density at radius 1 is 1.04 bits per heavy atom. The van der Waals surface area contributed by atoms with Crippen molar-refractivity contribution in [3.05, 3.63) is 59.7 Å². The van der Waals surface area contributed by atoms with Crippen LogP contribution in [0.1, 0.15) is 17.2 Å². The number of rotatable bonds is 8. The molecule has 5 nitrogen and oxygen atoms in total. The Balaban J connectivity index is 2.23. The van der Waals surface area contributed by atoms with E-state index in [0.29, 0.717) is 17.9 Å². The summed E-state index contributed by atoms with van der Waals surface area (Å²) in [6, 6.07) is 15.7. The van der Waals surface area contributed by atoms with E-state index >= 15 is 0 Å². The number of ether oxygens (including phenoxy) is 2. The molecule has 0 aliphatic carbocycles. The number of methoxy groups -OCH3 is 2. The third-order valence-corrected chi connectivity index (χ3v) is 3.76. The van der Waals surface area contributed by atoms with Crippen LogP contribution in [0.3, 0.4) is 0 Å². The van der Waals surface area contributed by atoms with E-state index < -0.39 is 0 Å². The molecule has 128 valence electrons. The zero-order valence-corrected chi connectivity index (χ0v) is 14.3. The Kier molecular flexibility index (Phi) is 6.63. The maximum absolute atomic E-state index is 12.0. The summed E-state index contributed by atoms with van der Waals surface area (Å²) in [6.07, 6.45) is 0.666. The van der Waals surface area contributed by atoms with Gasteiger partial charge in [-0.3, -0.25) is 4.79 Å². The fraction of sp³-hybridized carbons (Fsp3) is 0.316. The third-order valence-electron chi connectivity index (χ3n) is 3.76. The lowest BCUT2D eigenvalue weighted by Crippen LogP contribution is -2.36. The molecule has 0 fully saturated rings. The highest BCUT2D eigenvalue weighted by atomic mass is 16.5. The molecule has 0 spiro atoms. The van der Waals surface area contributed by atoms with Gasteiger partial charge in [-0.25, -0.2) is 0 Å². The molecule has 1 atom stereocenters. The van der Waals surface area contributed by atoms with Crippen LogP contribution in [0.4, 0.5) is 0 Å². The van der Waals surface area contributed by atoms with Gasteiger partial charge in [0.1, 0.15) is 0 Å². The second-order valence-corrected chi connectivity index (χ2v) is 5.45. The Hall–Kier alpha value is -2.53. The minimum atomic E-state index is -0.106. The standard InChI is InChI=1S/C19H24N2O3/c1-20-13-19(22)21-16(15-7-5-4-6-8-15)11-14-9-10-17(23-2)18(12-14)24-3/h4-10,12,16,20H,11,13H2,1-3H3,(H,21,22). The average molecular weight is 328 g/mol. The first-order valence-electron chi connectivity index (χ1n) is 7.87. The molecule has 1 amide bonds. The van der Waals surface area contributed by atoms with Crippen molar-refractivity contribution in [2.45, 2.75) is 12.5 Å². The van der Waals surface area contributed by atoms with Crippen LogP contribution in [-0.2, 0) is 11.2 Å². The minimum absolute atomic E-state index is 0.0353. The summed E-state index contributed by atoms with van der Waals surface area (Å²) in [5.41, 5.74) is 2.13. The molecule has 2 aromatic carbocycles. The van der Waals surface area contributed by atoms with E-state index in [1.165, 1.54) is 0 Å². The van der Waals surface area contributed by atoms with Crippen molar-refractivity contribution in [3.8, 4) is 11.5 Å². The molecule has 0 aromatic heterocycles. The fourth-order valence-corrected chi connectivity index (χ4v) is 2.59. The smallest absolute Gasteiger partial charge is 0.234 e. The van der Waals surface area contributed by atoms with Crippen molar-refractivity contribution in [2.24, 2.45) is 0 Å².